The molecule has 8 nitrogen and oxygen atoms in total. The highest BCUT2D eigenvalue weighted by Gasteiger charge is 2.18. The van der Waals surface area contributed by atoms with Gasteiger partial charge in [0.15, 0.2) is 0 Å². The molecule has 2 N–H and O–H groups in total. The molecule has 3 heterocycles. The fourth-order valence-electron chi connectivity index (χ4n) is 1.69. The van der Waals surface area contributed by atoms with Gasteiger partial charge >= 0.3 is 12.1 Å². The summed E-state index contributed by atoms with van der Waals surface area (Å²) in [5.74, 6) is 0.245. The molecular weight excluding hydrogens is 250 g/mol. The molecule has 0 spiro atoms. The number of pyridine rings is 1. The van der Waals surface area contributed by atoms with Crippen LogP contribution < -0.4 is 4.90 Å². The molecule has 0 saturated heterocycles. The summed E-state index contributed by atoms with van der Waals surface area (Å²) >= 11 is 0. The predicted molar refractivity (Wildman–Crippen MR) is 65.8 cm³/mol. The molecule has 8 heteroatoms. The number of nitrogens with zero attached hydrogens (tertiary/aromatic N) is 4. The Bertz CT molecular complexity index is 747. The molecule has 0 atom stereocenters. The van der Waals surface area contributed by atoms with Crippen LogP contribution in [-0.4, -0.2) is 38.4 Å². The number of hydrogen-bond acceptors (Lipinski definition) is 5. The van der Waals surface area contributed by atoms with Crippen LogP contribution in [-0.2, 0) is 0 Å². The van der Waals surface area contributed by atoms with Crippen LogP contribution in [0.5, 0.6) is 0 Å². The Morgan fingerprint density at radius 3 is 3.05 bits per heavy atom. The van der Waals surface area contributed by atoms with Crippen LogP contribution in [0, 0.1) is 0 Å². The van der Waals surface area contributed by atoms with Crippen molar-refractivity contribution in [1.29, 1.82) is 0 Å². The molecule has 3 rings (SSSR count). The minimum atomic E-state index is -1.17. The Morgan fingerprint density at radius 1 is 1.42 bits per heavy atom. The van der Waals surface area contributed by atoms with Gasteiger partial charge in [0, 0.05) is 24.8 Å². The van der Waals surface area contributed by atoms with E-state index in [0.717, 1.165) is 10.3 Å². The molecule has 0 unspecified atom stereocenters. The van der Waals surface area contributed by atoms with Gasteiger partial charge < -0.3 is 14.5 Å². The number of carboxylic acid groups (broad SMARTS) is 1. The van der Waals surface area contributed by atoms with Gasteiger partial charge in [0.2, 0.25) is 0 Å². The van der Waals surface area contributed by atoms with E-state index in [0.29, 0.717) is 11.2 Å². The third-order valence-corrected chi connectivity index (χ3v) is 2.68. The zero-order chi connectivity index (χ0) is 13.4. The fraction of sp³-hybridized carbons (Fsp3) is 0.0909. The average Bonchev–Trinajstić information content (AvgIpc) is 3.06. The number of carbonyl (C=O) groups is 1. The molecule has 96 valence electrons. The van der Waals surface area contributed by atoms with E-state index in [4.69, 9.17) is 9.52 Å². The molecule has 0 bridgehead atoms. The Balaban J connectivity index is 2.08. The summed E-state index contributed by atoms with van der Waals surface area (Å²) in [6.45, 7) is 0. The van der Waals surface area contributed by atoms with Gasteiger partial charge in [0.05, 0.1) is 5.56 Å². The lowest BCUT2D eigenvalue weighted by atomic mass is 10.2. The third-order valence-electron chi connectivity index (χ3n) is 2.68. The Kier molecular flexibility index (Phi) is 2.41. The minimum absolute atomic E-state index is 0.0806. The lowest BCUT2D eigenvalue weighted by Crippen LogP contribution is -2.23. The maximum absolute atomic E-state index is 10.8. The second-order valence-corrected chi connectivity index (χ2v) is 3.83. The quantitative estimate of drug-likeness (QED) is 0.725. The smallest absolute Gasteiger partial charge is 0.415 e. The van der Waals surface area contributed by atoms with Gasteiger partial charge in [-0.15, -0.1) is 5.10 Å². The van der Waals surface area contributed by atoms with Crippen LogP contribution >= 0.6 is 0 Å². The molecular formula is C11H9N5O3. The summed E-state index contributed by atoms with van der Waals surface area (Å²) in [5.41, 5.74) is 1.40. The summed E-state index contributed by atoms with van der Waals surface area (Å²) in [6.07, 6.45) is 2.19. The number of rotatable bonds is 2. The first-order valence-corrected chi connectivity index (χ1v) is 5.39. The van der Waals surface area contributed by atoms with Gasteiger partial charge in [-0.3, -0.25) is 0 Å². The second kappa shape index (κ2) is 4.09. The molecule has 0 aliphatic rings. The first-order valence-electron chi connectivity index (χ1n) is 5.39. The highest BCUT2D eigenvalue weighted by atomic mass is 16.4. The molecule has 3 aromatic heterocycles. The molecule has 0 radical (unpaired) electrons. The van der Waals surface area contributed by atoms with E-state index in [-0.39, 0.29) is 11.9 Å². The fourth-order valence-corrected chi connectivity index (χ4v) is 1.69. The van der Waals surface area contributed by atoms with E-state index in [1.807, 2.05) is 6.07 Å². The van der Waals surface area contributed by atoms with Crippen molar-refractivity contribution in [3.05, 3.63) is 24.5 Å². The zero-order valence-electron chi connectivity index (χ0n) is 9.86. The van der Waals surface area contributed by atoms with E-state index in [2.05, 4.69) is 20.2 Å². The van der Waals surface area contributed by atoms with Gasteiger partial charge in [-0.2, -0.15) is 0 Å². The molecule has 19 heavy (non-hydrogen) atoms. The second-order valence-electron chi connectivity index (χ2n) is 3.83. The Labute approximate surface area is 106 Å². The van der Waals surface area contributed by atoms with Gasteiger partial charge in [0.25, 0.3) is 5.89 Å². The molecule has 3 aromatic rings. The topological polar surface area (TPSA) is 108 Å². The van der Waals surface area contributed by atoms with Crippen molar-refractivity contribution in [2.24, 2.45) is 0 Å². The van der Waals surface area contributed by atoms with Crippen molar-refractivity contribution in [3.8, 4) is 11.5 Å². The van der Waals surface area contributed by atoms with Crippen LogP contribution in [0.2, 0.25) is 0 Å². The van der Waals surface area contributed by atoms with Crippen LogP contribution in [0.1, 0.15) is 0 Å². The maximum Gasteiger partial charge on any atom is 0.415 e. The van der Waals surface area contributed by atoms with E-state index in [1.54, 1.807) is 18.5 Å². The lowest BCUT2D eigenvalue weighted by molar-refractivity contribution is 0.202. The molecule has 0 saturated carbocycles. The number of hydrogen-bond donors (Lipinski definition) is 2. The number of fused-ring (bicyclic) bond motifs is 1. The van der Waals surface area contributed by atoms with Crippen LogP contribution in [0.15, 0.2) is 28.9 Å². The first kappa shape index (κ1) is 11.2. The molecule has 0 fully saturated rings. The maximum atomic E-state index is 10.8. The van der Waals surface area contributed by atoms with Crippen LogP contribution in [0.4, 0.5) is 10.8 Å². The summed E-state index contributed by atoms with van der Waals surface area (Å²) in [6, 6.07) is 3.49. The Hall–Kier alpha value is -2.90. The predicted octanol–water partition coefficient (Wildman–Crippen LogP) is 1.73. The average molecular weight is 259 g/mol. The largest absolute Gasteiger partial charge is 0.465 e. The van der Waals surface area contributed by atoms with Crippen molar-refractivity contribution in [2.45, 2.75) is 0 Å². The van der Waals surface area contributed by atoms with Crippen molar-refractivity contribution in [2.75, 3.05) is 11.9 Å². The number of nitrogens with one attached hydrogen (secondary N) is 1. The number of anilines is 1. The van der Waals surface area contributed by atoms with E-state index in [1.165, 1.54) is 7.05 Å². The number of H-pyrrole nitrogens is 1. The van der Waals surface area contributed by atoms with Gasteiger partial charge in [0.1, 0.15) is 5.65 Å². The number of amides is 1. The summed E-state index contributed by atoms with van der Waals surface area (Å²) in [5, 5.41) is 17.2. The van der Waals surface area contributed by atoms with Crippen molar-refractivity contribution in [3.63, 3.8) is 0 Å². The number of aromatic amines is 1. The highest BCUT2D eigenvalue weighted by molar-refractivity contribution is 5.90. The van der Waals surface area contributed by atoms with Crippen molar-refractivity contribution >= 4 is 23.1 Å². The van der Waals surface area contributed by atoms with E-state index < -0.39 is 6.09 Å². The molecule has 0 aliphatic heterocycles. The van der Waals surface area contributed by atoms with Gasteiger partial charge in [-0.05, 0) is 12.1 Å². The number of aromatic nitrogens is 4. The summed E-state index contributed by atoms with van der Waals surface area (Å²) < 4.78 is 5.35. The van der Waals surface area contributed by atoms with Gasteiger partial charge in [-0.1, -0.05) is 5.10 Å². The molecule has 0 aromatic carbocycles. The highest BCUT2D eigenvalue weighted by Crippen LogP contribution is 2.27. The summed E-state index contributed by atoms with van der Waals surface area (Å²) in [4.78, 5) is 18.8. The molecule has 0 aliphatic carbocycles. The lowest BCUT2D eigenvalue weighted by Gasteiger charge is -2.05. The zero-order valence-corrected chi connectivity index (χ0v) is 9.86. The van der Waals surface area contributed by atoms with Gasteiger partial charge in [-0.25, -0.2) is 14.7 Å². The first-order chi connectivity index (χ1) is 9.16. The minimum Gasteiger partial charge on any atom is -0.465 e. The monoisotopic (exact) mass is 259 g/mol. The normalized spacial score (nSPS) is 10.8. The van der Waals surface area contributed by atoms with E-state index in [9.17, 15) is 4.79 Å². The third kappa shape index (κ3) is 1.79. The van der Waals surface area contributed by atoms with E-state index >= 15 is 0 Å². The standard InChI is InChI=1S/C11H9N5O3/c1-16(11(17)18)10-15-14-9(19-10)7-3-5-13-8-6(7)2-4-12-8/h2-5H,1H3,(H,12,13)(H,17,18). The molecule has 1 amide bonds. The van der Waals surface area contributed by atoms with Crippen LogP contribution in [0.3, 0.4) is 0 Å². The van der Waals surface area contributed by atoms with Crippen molar-refractivity contribution in [1.82, 2.24) is 20.2 Å². The van der Waals surface area contributed by atoms with Crippen molar-refractivity contribution < 1.29 is 14.3 Å². The Morgan fingerprint density at radius 2 is 2.26 bits per heavy atom. The van der Waals surface area contributed by atoms with Crippen LogP contribution in [0.25, 0.3) is 22.5 Å². The summed E-state index contributed by atoms with van der Waals surface area (Å²) in [7, 11) is 1.33. The SMILES string of the molecule is CN(C(=O)O)c1nnc(-c2ccnc3[nH]ccc23)o1.